The van der Waals surface area contributed by atoms with Crippen molar-refractivity contribution in [1.29, 1.82) is 0 Å². The van der Waals surface area contributed by atoms with Gasteiger partial charge in [-0.3, -0.25) is 5.10 Å². The molecule has 2 heterocycles. The Kier molecular flexibility index (Phi) is 5.83. The molecule has 0 aliphatic heterocycles. The van der Waals surface area contributed by atoms with Gasteiger partial charge in [-0.05, 0) is 19.1 Å². The summed E-state index contributed by atoms with van der Waals surface area (Å²) >= 11 is 1.42. The molecule has 3 N–H and O–H groups in total. The number of benzene rings is 1. The van der Waals surface area contributed by atoms with Crippen molar-refractivity contribution >= 4 is 23.7 Å². The quantitative estimate of drug-likeness (QED) is 0.567. The Balaban J connectivity index is 1.82. The van der Waals surface area contributed by atoms with Crippen molar-refractivity contribution in [2.45, 2.75) is 17.3 Å². The minimum Gasteiger partial charge on any atom is -0.497 e. The van der Waals surface area contributed by atoms with Gasteiger partial charge in [0.15, 0.2) is 5.82 Å². The van der Waals surface area contributed by atoms with Gasteiger partial charge < -0.3 is 20.1 Å². The Bertz CT molecular complexity index is 962. The van der Waals surface area contributed by atoms with Crippen LogP contribution in [-0.2, 0) is 0 Å². The van der Waals surface area contributed by atoms with Crippen molar-refractivity contribution in [2.75, 3.05) is 38.9 Å². The van der Waals surface area contributed by atoms with Crippen molar-refractivity contribution in [3.63, 3.8) is 0 Å². The van der Waals surface area contributed by atoms with Gasteiger partial charge >= 0.3 is 0 Å². The number of aromatic amines is 1. The number of nitrogen functional groups attached to an aromatic ring is 1. The van der Waals surface area contributed by atoms with Crippen LogP contribution in [0.1, 0.15) is 18.0 Å². The first-order valence-corrected chi connectivity index (χ1v) is 9.29. The molecule has 2 aromatic heterocycles. The minimum absolute atomic E-state index is 0.120. The van der Waals surface area contributed by atoms with Crippen molar-refractivity contribution in [1.82, 2.24) is 30.1 Å². The third-order valence-electron chi connectivity index (χ3n) is 3.83. The van der Waals surface area contributed by atoms with Crippen LogP contribution < -0.4 is 20.1 Å². The number of hydrogen-bond acceptors (Lipinski definition) is 10. The van der Waals surface area contributed by atoms with Gasteiger partial charge in [-0.25, -0.2) is 4.98 Å². The first kappa shape index (κ1) is 19.7. The predicted octanol–water partition coefficient (Wildman–Crippen LogP) is 2.18. The first-order chi connectivity index (χ1) is 13.4. The predicted molar refractivity (Wildman–Crippen MR) is 108 cm³/mol. The SMILES string of the molecule is COc1ccc(-c2nc(SC(C)c3nc(N)nc(N(C)C)n3)n[nH]2)c(OC)c1. The van der Waals surface area contributed by atoms with Gasteiger partial charge in [0, 0.05) is 20.2 Å². The molecule has 3 aromatic rings. The van der Waals surface area contributed by atoms with Crippen LogP contribution in [0.5, 0.6) is 11.5 Å². The number of rotatable bonds is 7. The number of methoxy groups -OCH3 is 2. The van der Waals surface area contributed by atoms with E-state index in [1.54, 1.807) is 25.2 Å². The fourth-order valence-corrected chi connectivity index (χ4v) is 3.17. The summed E-state index contributed by atoms with van der Waals surface area (Å²) in [4.78, 5) is 19.1. The van der Waals surface area contributed by atoms with E-state index in [0.717, 1.165) is 5.56 Å². The highest BCUT2D eigenvalue weighted by Gasteiger charge is 2.18. The number of nitrogens with one attached hydrogen (secondary N) is 1. The van der Waals surface area contributed by atoms with Crippen LogP contribution in [0.15, 0.2) is 23.4 Å². The molecule has 0 saturated heterocycles. The topological polar surface area (TPSA) is 128 Å². The molecule has 0 aliphatic carbocycles. The number of nitrogens with zero attached hydrogens (tertiary/aromatic N) is 6. The average molecular weight is 402 g/mol. The number of hydrogen-bond donors (Lipinski definition) is 2. The number of nitrogens with two attached hydrogens (primary N) is 1. The van der Waals surface area contributed by atoms with Crippen LogP contribution >= 0.6 is 11.8 Å². The highest BCUT2D eigenvalue weighted by atomic mass is 32.2. The second kappa shape index (κ2) is 8.30. The Morgan fingerprint density at radius 2 is 1.89 bits per heavy atom. The third-order valence-corrected chi connectivity index (χ3v) is 4.79. The van der Waals surface area contributed by atoms with Crippen molar-refractivity contribution in [3.8, 4) is 22.9 Å². The van der Waals surface area contributed by atoms with Gasteiger partial charge in [0.05, 0.1) is 25.0 Å². The maximum absolute atomic E-state index is 5.80. The molecular weight excluding hydrogens is 380 g/mol. The van der Waals surface area contributed by atoms with Crippen molar-refractivity contribution in [3.05, 3.63) is 24.0 Å². The molecule has 0 amide bonds. The number of aromatic nitrogens is 6. The highest BCUT2D eigenvalue weighted by Crippen LogP contribution is 2.35. The van der Waals surface area contributed by atoms with Crippen molar-refractivity contribution in [2.24, 2.45) is 0 Å². The molecule has 1 aromatic carbocycles. The van der Waals surface area contributed by atoms with E-state index in [2.05, 4.69) is 30.1 Å². The average Bonchev–Trinajstić information content (AvgIpc) is 3.15. The lowest BCUT2D eigenvalue weighted by Crippen LogP contribution is -2.16. The van der Waals surface area contributed by atoms with E-state index in [9.17, 15) is 0 Å². The molecule has 0 fully saturated rings. The van der Waals surface area contributed by atoms with Gasteiger partial charge in [0.1, 0.15) is 17.3 Å². The van der Waals surface area contributed by atoms with E-state index < -0.39 is 0 Å². The molecule has 10 nitrogen and oxygen atoms in total. The molecular formula is C17H22N8O2S. The lowest BCUT2D eigenvalue weighted by atomic mass is 10.2. The van der Waals surface area contributed by atoms with Crippen LogP contribution in [0, 0.1) is 0 Å². The molecule has 0 aliphatic rings. The van der Waals surface area contributed by atoms with E-state index >= 15 is 0 Å². The molecule has 0 spiro atoms. The van der Waals surface area contributed by atoms with Crippen LogP contribution in [0.4, 0.5) is 11.9 Å². The summed E-state index contributed by atoms with van der Waals surface area (Å²) in [6, 6.07) is 5.50. The lowest BCUT2D eigenvalue weighted by molar-refractivity contribution is 0.395. The summed E-state index contributed by atoms with van der Waals surface area (Å²) in [6.45, 7) is 1.96. The molecule has 1 atom stereocenters. The molecule has 0 bridgehead atoms. The number of thioether (sulfide) groups is 1. The molecule has 1 unspecified atom stereocenters. The number of anilines is 2. The summed E-state index contributed by atoms with van der Waals surface area (Å²) in [5.74, 6) is 3.19. The smallest absolute Gasteiger partial charge is 0.229 e. The normalized spacial score (nSPS) is 11.9. The summed E-state index contributed by atoms with van der Waals surface area (Å²) < 4.78 is 10.7. The van der Waals surface area contributed by atoms with E-state index in [4.69, 9.17) is 15.2 Å². The zero-order valence-electron chi connectivity index (χ0n) is 16.3. The molecule has 28 heavy (non-hydrogen) atoms. The Morgan fingerprint density at radius 1 is 1.11 bits per heavy atom. The van der Waals surface area contributed by atoms with Gasteiger partial charge in [-0.2, -0.15) is 15.0 Å². The van der Waals surface area contributed by atoms with E-state index in [0.29, 0.717) is 34.3 Å². The van der Waals surface area contributed by atoms with Gasteiger partial charge in [-0.1, -0.05) is 11.8 Å². The highest BCUT2D eigenvalue weighted by molar-refractivity contribution is 7.99. The standard InChI is InChI=1S/C17H22N8O2S/c1-9(13-19-15(18)22-16(20-13)25(2)3)28-17-21-14(23-24-17)11-7-6-10(26-4)8-12(11)27-5/h6-9H,1-5H3,(H,21,23,24)(H2,18,19,20,22). The van der Waals surface area contributed by atoms with Crippen LogP contribution in [0.2, 0.25) is 0 Å². The van der Waals surface area contributed by atoms with Crippen molar-refractivity contribution < 1.29 is 9.47 Å². The fourth-order valence-electron chi connectivity index (χ4n) is 2.40. The monoisotopic (exact) mass is 402 g/mol. The molecule has 11 heteroatoms. The van der Waals surface area contributed by atoms with Crippen LogP contribution in [0.3, 0.4) is 0 Å². The van der Waals surface area contributed by atoms with E-state index in [1.165, 1.54) is 11.8 Å². The Hall–Kier alpha value is -3.08. The summed E-state index contributed by atoms with van der Waals surface area (Å²) in [6.07, 6.45) is 0. The van der Waals surface area contributed by atoms with Crippen LogP contribution in [-0.4, -0.2) is 58.4 Å². The zero-order chi connectivity index (χ0) is 20.3. The van der Waals surface area contributed by atoms with E-state index in [-0.39, 0.29) is 11.2 Å². The fraction of sp³-hybridized carbons (Fsp3) is 0.353. The second-order valence-corrected chi connectivity index (χ2v) is 7.35. The van der Waals surface area contributed by atoms with E-state index in [1.807, 2.05) is 33.2 Å². The van der Waals surface area contributed by atoms with Gasteiger partial charge in [-0.15, -0.1) is 5.10 Å². The third kappa shape index (κ3) is 4.25. The maximum atomic E-state index is 5.80. The molecule has 148 valence electrons. The Labute approximate surface area is 166 Å². The number of ether oxygens (including phenoxy) is 2. The zero-order valence-corrected chi connectivity index (χ0v) is 17.1. The second-order valence-electron chi connectivity index (χ2n) is 6.04. The summed E-state index contributed by atoms with van der Waals surface area (Å²) in [5, 5.41) is 7.67. The largest absolute Gasteiger partial charge is 0.497 e. The van der Waals surface area contributed by atoms with Gasteiger partial charge in [0.25, 0.3) is 0 Å². The summed E-state index contributed by atoms with van der Waals surface area (Å²) in [7, 11) is 6.90. The first-order valence-electron chi connectivity index (χ1n) is 8.41. The molecule has 3 rings (SSSR count). The summed E-state index contributed by atoms with van der Waals surface area (Å²) in [5.41, 5.74) is 6.59. The minimum atomic E-state index is -0.120. The maximum Gasteiger partial charge on any atom is 0.229 e. The molecule has 0 radical (unpaired) electrons. The Morgan fingerprint density at radius 3 is 2.57 bits per heavy atom. The van der Waals surface area contributed by atoms with Gasteiger partial charge in [0.2, 0.25) is 17.1 Å². The van der Waals surface area contributed by atoms with Crippen LogP contribution in [0.25, 0.3) is 11.4 Å². The lowest BCUT2D eigenvalue weighted by Gasteiger charge is -2.13. The number of H-pyrrole nitrogens is 1. The molecule has 0 saturated carbocycles.